The molecule has 1 aliphatic heterocycles. The van der Waals surface area contributed by atoms with E-state index >= 15 is 0 Å². The highest BCUT2D eigenvalue weighted by molar-refractivity contribution is 7.98. The van der Waals surface area contributed by atoms with E-state index in [1.807, 2.05) is 35.2 Å². The number of carbonyl (C=O) groups is 1. The number of ether oxygens (including phenoxy) is 1. The molecular formula is C23H27FN2O5S2. The van der Waals surface area contributed by atoms with Gasteiger partial charge in [0.1, 0.15) is 16.9 Å². The summed E-state index contributed by atoms with van der Waals surface area (Å²) in [5.41, 5.74) is 1.34. The van der Waals surface area contributed by atoms with Crippen LogP contribution in [0.3, 0.4) is 0 Å². The first-order valence-electron chi connectivity index (χ1n) is 10.5. The van der Waals surface area contributed by atoms with Crippen LogP contribution < -0.4 is 9.64 Å². The number of para-hydroxylation sites is 1. The molecule has 3 rings (SSSR count). The van der Waals surface area contributed by atoms with E-state index < -0.39 is 21.8 Å². The van der Waals surface area contributed by atoms with Crippen LogP contribution in [0.25, 0.3) is 0 Å². The van der Waals surface area contributed by atoms with Crippen molar-refractivity contribution in [2.45, 2.75) is 42.0 Å². The van der Waals surface area contributed by atoms with E-state index in [0.29, 0.717) is 29.8 Å². The lowest BCUT2D eigenvalue weighted by atomic mass is 10.1. The van der Waals surface area contributed by atoms with Gasteiger partial charge in [-0.05, 0) is 30.9 Å². The third-order valence-electron chi connectivity index (χ3n) is 5.55. The van der Waals surface area contributed by atoms with E-state index in [0.717, 1.165) is 18.5 Å². The number of carboxylic acid groups (broad SMARTS) is 1. The van der Waals surface area contributed by atoms with Crippen molar-refractivity contribution in [2.75, 3.05) is 24.7 Å². The molecular weight excluding hydrogens is 467 g/mol. The van der Waals surface area contributed by atoms with Crippen molar-refractivity contribution in [1.82, 2.24) is 4.31 Å². The minimum absolute atomic E-state index is 0.0183. The van der Waals surface area contributed by atoms with E-state index in [-0.39, 0.29) is 16.7 Å². The summed E-state index contributed by atoms with van der Waals surface area (Å²) in [6, 6.07) is 12.3. The van der Waals surface area contributed by atoms with Crippen LogP contribution >= 0.6 is 11.8 Å². The van der Waals surface area contributed by atoms with Gasteiger partial charge in [0.25, 0.3) is 0 Å². The second kappa shape index (κ2) is 10.6. The van der Waals surface area contributed by atoms with Crippen molar-refractivity contribution < 1.29 is 27.4 Å². The predicted octanol–water partition coefficient (Wildman–Crippen LogP) is 5.01. The number of carboxylic acids is 1. The minimum atomic E-state index is -3.91. The normalized spacial score (nSPS) is 18.5. The van der Waals surface area contributed by atoms with Crippen LogP contribution in [0.1, 0.15) is 26.2 Å². The fraction of sp³-hybridized carbons (Fsp3) is 0.348. The van der Waals surface area contributed by atoms with Gasteiger partial charge in [0.2, 0.25) is 15.9 Å². The molecule has 178 valence electrons. The number of fused-ring (bicyclic) bond motifs is 1. The lowest BCUT2D eigenvalue weighted by Gasteiger charge is -2.29. The molecule has 33 heavy (non-hydrogen) atoms. The fourth-order valence-electron chi connectivity index (χ4n) is 3.71. The van der Waals surface area contributed by atoms with Crippen molar-refractivity contribution in [2.24, 2.45) is 0 Å². The van der Waals surface area contributed by atoms with Crippen LogP contribution in [0.2, 0.25) is 0 Å². The van der Waals surface area contributed by atoms with E-state index in [1.165, 1.54) is 22.1 Å². The number of rotatable bonds is 8. The number of nitrogens with zero attached hydrogens (tertiary/aromatic N) is 2. The van der Waals surface area contributed by atoms with Gasteiger partial charge in [0.05, 0.1) is 10.6 Å². The van der Waals surface area contributed by atoms with Crippen LogP contribution in [0.5, 0.6) is 5.75 Å². The van der Waals surface area contributed by atoms with Gasteiger partial charge in [-0.1, -0.05) is 38.0 Å². The first kappa shape index (κ1) is 25.1. The Morgan fingerprint density at radius 3 is 2.61 bits per heavy atom. The van der Waals surface area contributed by atoms with Crippen molar-refractivity contribution >= 4 is 39.1 Å². The smallest absolute Gasteiger partial charge is 0.368 e. The first-order valence-corrected chi connectivity index (χ1v) is 13.2. The number of halogens is 1. The second-order valence-corrected chi connectivity index (χ2v) is 10.4. The van der Waals surface area contributed by atoms with Gasteiger partial charge in [-0.2, -0.15) is 8.70 Å². The minimum Gasteiger partial charge on any atom is -0.476 e. The molecule has 1 unspecified atom stereocenters. The Hall–Kier alpha value is -2.56. The molecule has 1 N–H and O–H groups in total. The average Bonchev–Trinajstić information content (AvgIpc) is 2.89. The summed E-state index contributed by atoms with van der Waals surface area (Å²) >= 11 is 1.29. The number of thioether (sulfide) groups is 1. The molecule has 0 aromatic heterocycles. The fourth-order valence-corrected chi connectivity index (χ4v) is 5.81. The summed E-state index contributed by atoms with van der Waals surface area (Å²) in [6.45, 7) is 2.53. The molecule has 0 saturated carbocycles. The number of anilines is 2. The standard InChI is InChI=1S/C23H27FN2O5S2/c1-4-5-9-17-14-26(16-10-7-6-8-11-16)19-12-21(32-3)20(31-15-18(24)23(27)28)13-22(19)33(29,30)25(17)2/h6-8,10-13,15,17H,4-5,9,14H2,1-3H3,(H,27,28)/b18-15-. The topological polar surface area (TPSA) is 87.1 Å². The highest BCUT2D eigenvalue weighted by Crippen LogP contribution is 2.43. The zero-order valence-electron chi connectivity index (χ0n) is 18.7. The van der Waals surface area contributed by atoms with E-state index in [9.17, 15) is 17.6 Å². The highest BCUT2D eigenvalue weighted by Gasteiger charge is 2.37. The molecule has 1 atom stereocenters. The summed E-state index contributed by atoms with van der Waals surface area (Å²) < 4.78 is 47.4. The van der Waals surface area contributed by atoms with Gasteiger partial charge >= 0.3 is 5.97 Å². The summed E-state index contributed by atoms with van der Waals surface area (Å²) in [4.78, 5) is 13.3. The summed E-state index contributed by atoms with van der Waals surface area (Å²) in [7, 11) is -2.34. The number of likely N-dealkylation sites (N-methyl/N-ethyl adjacent to an activating group) is 1. The molecule has 0 aliphatic carbocycles. The van der Waals surface area contributed by atoms with Gasteiger partial charge in [-0.25, -0.2) is 13.2 Å². The molecule has 0 fully saturated rings. The van der Waals surface area contributed by atoms with Crippen molar-refractivity contribution in [3.63, 3.8) is 0 Å². The quantitative estimate of drug-likeness (QED) is 0.313. The van der Waals surface area contributed by atoms with Gasteiger partial charge < -0.3 is 14.7 Å². The number of unbranched alkanes of at least 4 members (excludes halogenated alkanes) is 1. The molecule has 0 spiro atoms. The third-order valence-corrected chi connectivity index (χ3v) is 8.25. The number of sulfonamides is 1. The maximum Gasteiger partial charge on any atom is 0.368 e. The van der Waals surface area contributed by atoms with Crippen molar-refractivity contribution in [1.29, 1.82) is 0 Å². The van der Waals surface area contributed by atoms with Gasteiger partial charge in [-0.15, -0.1) is 11.8 Å². The van der Waals surface area contributed by atoms with Gasteiger partial charge in [-0.3, -0.25) is 0 Å². The van der Waals surface area contributed by atoms with Gasteiger partial charge in [0, 0.05) is 31.4 Å². The molecule has 1 aliphatic rings. The Labute approximate surface area is 197 Å². The van der Waals surface area contributed by atoms with Crippen LogP contribution in [-0.4, -0.2) is 49.7 Å². The SMILES string of the molecule is CCCCC1CN(c2ccccc2)c2cc(SC)c(O/C=C(\F)C(=O)O)cc2S(=O)(=O)N1C. The molecule has 2 aromatic rings. The van der Waals surface area contributed by atoms with Crippen LogP contribution in [0, 0.1) is 0 Å². The molecule has 0 saturated heterocycles. The molecule has 0 amide bonds. The highest BCUT2D eigenvalue weighted by atomic mass is 32.2. The largest absolute Gasteiger partial charge is 0.476 e. The van der Waals surface area contributed by atoms with Crippen LogP contribution in [-0.2, 0) is 14.8 Å². The van der Waals surface area contributed by atoms with Crippen molar-refractivity contribution in [3.05, 3.63) is 54.6 Å². The van der Waals surface area contributed by atoms with E-state index in [1.54, 1.807) is 19.4 Å². The Kier molecular flexibility index (Phi) is 8.04. The maximum absolute atomic E-state index is 13.6. The lowest BCUT2D eigenvalue weighted by molar-refractivity contribution is -0.134. The lowest BCUT2D eigenvalue weighted by Crippen LogP contribution is -2.40. The third kappa shape index (κ3) is 5.34. The molecule has 1 heterocycles. The molecule has 7 nitrogen and oxygen atoms in total. The van der Waals surface area contributed by atoms with E-state index in [2.05, 4.69) is 6.92 Å². The Morgan fingerprint density at radius 1 is 1.30 bits per heavy atom. The van der Waals surface area contributed by atoms with Crippen LogP contribution in [0.4, 0.5) is 15.8 Å². The Bertz CT molecular complexity index is 1140. The van der Waals surface area contributed by atoms with Crippen LogP contribution in [0.15, 0.2) is 64.3 Å². The Morgan fingerprint density at radius 2 is 2.00 bits per heavy atom. The molecule has 2 aromatic carbocycles. The summed E-state index contributed by atoms with van der Waals surface area (Å²) in [5, 5.41) is 8.76. The number of aliphatic carboxylic acids is 1. The molecule has 0 radical (unpaired) electrons. The number of benzene rings is 2. The van der Waals surface area contributed by atoms with E-state index in [4.69, 9.17) is 9.84 Å². The van der Waals surface area contributed by atoms with Crippen molar-refractivity contribution in [3.8, 4) is 5.75 Å². The summed E-state index contributed by atoms with van der Waals surface area (Å²) in [6.07, 6.45) is 4.77. The zero-order chi connectivity index (χ0) is 24.2. The monoisotopic (exact) mass is 494 g/mol. The van der Waals surface area contributed by atoms with Gasteiger partial charge in [0.15, 0.2) is 0 Å². The zero-order valence-corrected chi connectivity index (χ0v) is 20.3. The first-order chi connectivity index (χ1) is 15.7. The Balaban J connectivity index is 2.21. The second-order valence-electron chi connectivity index (χ2n) is 7.62. The molecule has 0 bridgehead atoms. The predicted molar refractivity (Wildman–Crippen MR) is 127 cm³/mol. The average molecular weight is 495 g/mol. The molecule has 10 heteroatoms. The summed E-state index contributed by atoms with van der Waals surface area (Å²) in [5.74, 6) is -3.19. The number of hydrogen-bond acceptors (Lipinski definition) is 6. The maximum atomic E-state index is 13.6. The number of hydrogen-bond donors (Lipinski definition) is 1.